The van der Waals surface area contributed by atoms with Crippen LogP contribution < -0.4 is 16.0 Å². The van der Waals surface area contributed by atoms with Crippen molar-refractivity contribution in [1.29, 1.82) is 0 Å². The van der Waals surface area contributed by atoms with E-state index in [4.69, 9.17) is 4.74 Å². The molecule has 2 unspecified atom stereocenters. The summed E-state index contributed by atoms with van der Waals surface area (Å²) in [5, 5.41) is 11.0. The molecule has 2 saturated heterocycles. The molecule has 0 radical (unpaired) electrons. The normalized spacial score (nSPS) is 29.0. The minimum atomic E-state index is 0.356. The molecule has 2 fully saturated rings. The van der Waals surface area contributed by atoms with Gasteiger partial charge in [-0.1, -0.05) is 24.3 Å². The summed E-state index contributed by atoms with van der Waals surface area (Å²) in [6.45, 7) is 4.95. The number of hydrogen-bond acceptors (Lipinski definition) is 4. The SMILES string of the molecule is c1ccc2c(c1)CC1(CCOCC1)C2NCNCC1CCCN1. The first-order chi connectivity index (χ1) is 11.4. The first-order valence-electron chi connectivity index (χ1n) is 9.20. The quantitative estimate of drug-likeness (QED) is 0.574. The molecular weight excluding hydrogens is 286 g/mol. The van der Waals surface area contributed by atoms with E-state index in [0.717, 1.165) is 26.4 Å². The molecule has 2 aliphatic heterocycles. The van der Waals surface area contributed by atoms with Crippen molar-refractivity contribution < 1.29 is 4.74 Å². The van der Waals surface area contributed by atoms with Crippen molar-refractivity contribution in [1.82, 2.24) is 16.0 Å². The number of ether oxygens (including phenoxy) is 1. The van der Waals surface area contributed by atoms with E-state index in [2.05, 4.69) is 40.2 Å². The highest BCUT2D eigenvalue weighted by molar-refractivity contribution is 5.38. The van der Waals surface area contributed by atoms with Crippen molar-refractivity contribution in [2.45, 2.75) is 44.2 Å². The predicted octanol–water partition coefficient (Wildman–Crippen LogP) is 1.97. The van der Waals surface area contributed by atoms with Crippen molar-refractivity contribution in [3.05, 3.63) is 35.4 Å². The van der Waals surface area contributed by atoms with E-state index in [0.29, 0.717) is 17.5 Å². The molecule has 4 nitrogen and oxygen atoms in total. The molecule has 1 aliphatic carbocycles. The predicted molar refractivity (Wildman–Crippen MR) is 92.4 cm³/mol. The van der Waals surface area contributed by atoms with Gasteiger partial charge in [0.05, 0.1) is 0 Å². The topological polar surface area (TPSA) is 45.3 Å². The largest absolute Gasteiger partial charge is 0.381 e. The van der Waals surface area contributed by atoms with Gasteiger partial charge in [-0.25, -0.2) is 0 Å². The van der Waals surface area contributed by atoms with Gasteiger partial charge in [0.15, 0.2) is 0 Å². The zero-order valence-corrected chi connectivity index (χ0v) is 13.9. The van der Waals surface area contributed by atoms with Crippen LogP contribution in [0.15, 0.2) is 24.3 Å². The van der Waals surface area contributed by atoms with Crippen LogP contribution >= 0.6 is 0 Å². The Kier molecular flexibility index (Phi) is 4.67. The lowest BCUT2D eigenvalue weighted by Gasteiger charge is -2.39. The molecule has 3 N–H and O–H groups in total. The van der Waals surface area contributed by atoms with E-state index in [1.54, 1.807) is 0 Å². The first kappa shape index (κ1) is 15.6. The van der Waals surface area contributed by atoms with Gasteiger partial charge in [0.25, 0.3) is 0 Å². The minimum Gasteiger partial charge on any atom is -0.381 e. The zero-order chi connectivity index (χ0) is 15.5. The number of rotatable bonds is 5. The Morgan fingerprint density at radius 3 is 2.91 bits per heavy atom. The maximum Gasteiger partial charge on any atom is 0.0472 e. The molecule has 1 aromatic carbocycles. The fourth-order valence-corrected chi connectivity index (χ4v) is 4.71. The molecule has 23 heavy (non-hydrogen) atoms. The van der Waals surface area contributed by atoms with E-state index in [1.165, 1.54) is 49.8 Å². The van der Waals surface area contributed by atoms with Gasteiger partial charge in [-0.05, 0) is 55.2 Å². The molecule has 2 heterocycles. The van der Waals surface area contributed by atoms with Crippen LogP contribution in [0.3, 0.4) is 0 Å². The first-order valence-corrected chi connectivity index (χ1v) is 9.20. The van der Waals surface area contributed by atoms with Gasteiger partial charge in [-0.2, -0.15) is 0 Å². The van der Waals surface area contributed by atoms with Crippen molar-refractivity contribution >= 4 is 0 Å². The van der Waals surface area contributed by atoms with Gasteiger partial charge < -0.3 is 15.4 Å². The van der Waals surface area contributed by atoms with Crippen molar-refractivity contribution in [3.63, 3.8) is 0 Å². The maximum atomic E-state index is 5.64. The van der Waals surface area contributed by atoms with Crippen LogP contribution in [-0.2, 0) is 11.2 Å². The second kappa shape index (κ2) is 6.89. The number of benzene rings is 1. The highest BCUT2D eigenvalue weighted by Crippen LogP contribution is 2.51. The van der Waals surface area contributed by atoms with Gasteiger partial charge in [0, 0.05) is 38.5 Å². The molecule has 0 aromatic heterocycles. The Bertz CT molecular complexity index is 521. The maximum absolute atomic E-state index is 5.64. The van der Waals surface area contributed by atoms with Gasteiger partial charge in [-0.3, -0.25) is 5.32 Å². The van der Waals surface area contributed by atoms with Gasteiger partial charge in [-0.15, -0.1) is 0 Å². The van der Waals surface area contributed by atoms with Gasteiger partial charge in [0.2, 0.25) is 0 Å². The monoisotopic (exact) mass is 315 g/mol. The smallest absolute Gasteiger partial charge is 0.0472 e. The van der Waals surface area contributed by atoms with Crippen molar-refractivity contribution in [2.24, 2.45) is 5.41 Å². The average Bonchev–Trinajstić information content (AvgIpc) is 3.19. The lowest BCUT2D eigenvalue weighted by molar-refractivity contribution is -0.000205. The Balaban J connectivity index is 1.40. The van der Waals surface area contributed by atoms with E-state index >= 15 is 0 Å². The lowest BCUT2D eigenvalue weighted by Crippen LogP contribution is -2.45. The molecule has 3 aliphatic rings. The summed E-state index contributed by atoms with van der Waals surface area (Å²) in [6.07, 6.45) is 6.17. The fraction of sp³-hybridized carbons (Fsp3) is 0.684. The minimum absolute atomic E-state index is 0.356. The van der Waals surface area contributed by atoms with E-state index in [-0.39, 0.29) is 0 Å². The third-order valence-corrected chi connectivity index (χ3v) is 5.99. The third-order valence-electron chi connectivity index (χ3n) is 5.99. The van der Waals surface area contributed by atoms with Crippen LogP contribution in [-0.4, -0.2) is 39.0 Å². The molecule has 0 bridgehead atoms. The molecule has 4 rings (SSSR count). The number of nitrogens with one attached hydrogen (secondary N) is 3. The van der Waals surface area contributed by atoms with Crippen LogP contribution in [0.4, 0.5) is 0 Å². The van der Waals surface area contributed by atoms with Gasteiger partial charge in [0.1, 0.15) is 0 Å². The molecule has 4 heteroatoms. The lowest BCUT2D eigenvalue weighted by atomic mass is 9.74. The van der Waals surface area contributed by atoms with E-state index in [9.17, 15) is 0 Å². The number of fused-ring (bicyclic) bond motifs is 1. The molecular formula is C19H29N3O. The van der Waals surface area contributed by atoms with E-state index in [1.807, 2.05) is 0 Å². The summed E-state index contributed by atoms with van der Waals surface area (Å²) in [5.41, 5.74) is 3.40. The second-order valence-corrected chi connectivity index (χ2v) is 7.41. The average molecular weight is 315 g/mol. The summed E-state index contributed by atoms with van der Waals surface area (Å²) in [5.74, 6) is 0. The molecule has 0 amide bonds. The molecule has 1 spiro atoms. The van der Waals surface area contributed by atoms with Crippen LogP contribution in [0, 0.1) is 5.41 Å². The summed E-state index contributed by atoms with van der Waals surface area (Å²) < 4.78 is 5.64. The zero-order valence-electron chi connectivity index (χ0n) is 13.9. The Labute approximate surface area is 139 Å². The van der Waals surface area contributed by atoms with Crippen molar-refractivity contribution in [3.8, 4) is 0 Å². The summed E-state index contributed by atoms with van der Waals surface area (Å²) >= 11 is 0. The van der Waals surface area contributed by atoms with Crippen LogP contribution in [0.25, 0.3) is 0 Å². The molecule has 126 valence electrons. The highest BCUT2D eigenvalue weighted by atomic mass is 16.5. The summed E-state index contributed by atoms with van der Waals surface area (Å²) in [7, 11) is 0. The fourth-order valence-electron chi connectivity index (χ4n) is 4.71. The summed E-state index contributed by atoms with van der Waals surface area (Å²) in [4.78, 5) is 0. The van der Waals surface area contributed by atoms with Crippen molar-refractivity contribution in [2.75, 3.05) is 33.0 Å². The third kappa shape index (κ3) is 3.18. The summed E-state index contributed by atoms with van der Waals surface area (Å²) in [6, 6.07) is 10.1. The highest BCUT2D eigenvalue weighted by Gasteiger charge is 2.46. The Morgan fingerprint density at radius 1 is 1.22 bits per heavy atom. The molecule has 1 aromatic rings. The van der Waals surface area contributed by atoms with E-state index < -0.39 is 0 Å². The van der Waals surface area contributed by atoms with Crippen LogP contribution in [0.1, 0.15) is 42.9 Å². The van der Waals surface area contributed by atoms with Crippen LogP contribution in [0.2, 0.25) is 0 Å². The standard InChI is InChI=1S/C19H29N3O/c1-2-6-17-15(4-1)12-19(7-10-23-11-8-19)18(17)22-14-20-13-16-5-3-9-21-16/h1-2,4,6,16,18,20-22H,3,5,7-14H2. The Morgan fingerprint density at radius 2 is 2.09 bits per heavy atom. The van der Waals surface area contributed by atoms with Gasteiger partial charge >= 0.3 is 0 Å². The Hall–Kier alpha value is -0.940. The number of hydrogen-bond donors (Lipinski definition) is 3. The second-order valence-electron chi connectivity index (χ2n) is 7.41. The molecule has 2 atom stereocenters. The van der Waals surface area contributed by atoms with Crippen LogP contribution in [0.5, 0.6) is 0 Å². The molecule has 0 saturated carbocycles.